The number of amides is 1. The summed E-state index contributed by atoms with van der Waals surface area (Å²) in [6, 6.07) is -1.49. The molecule has 0 bridgehead atoms. The second-order valence-electron chi connectivity index (χ2n) is 11.9. The Labute approximate surface area is 272 Å². The maximum Gasteiger partial charge on any atom is 0.217 e. The van der Waals surface area contributed by atoms with Crippen LogP contribution in [0.15, 0.2) is 0 Å². The summed E-state index contributed by atoms with van der Waals surface area (Å²) in [4.78, 5) is 11.8. The van der Waals surface area contributed by atoms with Gasteiger partial charge in [0.25, 0.3) is 0 Å². The Balaban J connectivity index is 1.51. The highest BCUT2D eigenvalue weighted by atomic mass is 16.8. The quantitative estimate of drug-likeness (QED) is 0.0947. The van der Waals surface area contributed by atoms with Gasteiger partial charge in [0, 0.05) is 6.92 Å². The lowest BCUT2D eigenvalue weighted by Crippen LogP contribution is -2.69. The number of hydrogen-bond acceptors (Lipinski definition) is 21. The summed E-state index contributed by atoms with van der Waals surface area (Å²) in [7, 11) is 0. The molecule has 22 nitrogen and oxygen atoms in total. The van der Waals surface area contributed by atoms with E-state index in [-0.39, 0.29) is 0 Å². The van der Waals surface area contributed by atoms with Gasteiger partial charge in [-0.1, -0.05) is 0 Å². The zero-order valence-corrected chi connectivity index (χ0v) is 25.5. The van der Waals surface area contributed by atoms with Crippen molar-refractivity contribution in [1.82, 2.24) is 5.32 Å². The van der Waals surface area contributed by atoms with Crippen LogP contribution in [0.2, 0.25) is 0 Å². The van der Waals surface area contributed by atoms with Crippen molar-refractivity contribution in [3.05, 3.63) is 0 Å². The lowest BCUT2D eigenvalue weighted by molar-refractivity contribution is -0.385. The molecule has 4 aliphatic rings. The smallest absolute Gasteiger partial charge is 0.217 e. The molecule has 0 aliphatic carbocycles. The second kappa shape index (κ2) is 16.8. The number of carbonyl (C=O) groups excluding carboxylic acids is 1. The van der Waals surface area contributed by atoms with E-state index in [1.807, 2.05) is 0 Å². The van der Waals surface area contributed by atoms with Crippen LogP contribution in [0.4, 0.5) is 0 Å². The third kappa shape index (κ3) is 8.08. The average molecular weight is 708 g/mol. The van der Waals surface area contributed by atoms with E-state index in [1.165, 1.54) is 0 Å². The molecular formula is C26H45NO21. The molecule has 1 amide bonds. The van der Waals surface area contributed by atoms with E-state index in [1.54, 1.807) is 0 Å². The zero-order chi connectivity index (χ0) is 35.6. The molecule has 20 atom stereocenters. The molecule has 0 saturated carbocycles. The molecular weight excluding hydrogens is 662 g/mol. The standard InChI is InChI=1S/C26H45NO21/c1-6(32)27-11-14(35)12(33)7(2-28)43-24(11)48-22-13(34)8(3-29)44-26(19(22)40)47-21-10(5-31)45-25(18(39)16(21)37)46-20-9(4-30)42-23(41)17(38)15(20)36/h7-26,28-31,33-41H,2-5H2,1H3,(H,27,32)/t7-,8-,9-,10-,11-,12+,13+,14-,15-,16-,17-,18-,19-,20-,21+,22+,23-,24+,25+,26+/m1/s1. The fourth-order valence-corrected chi connectivity index (χ4v) is 5.95. The number of aliphatic hydroxyl groups excluding tert-OH is 13. The maximum atomic E-state index is 11.8. The fraction of sp³-hybridized carbons (Fsp3) is 0.962. The Bertz CT molecular complexity index is 1030. The van der Waals surface area contributed by atoms with Crippen LogP contribution in [0.25, 0.3) is 0 Å². The first-order chi connectivity index (χ1) is 22.7. The molecule has 0 radical (unpaired) electrons. The molecule has 48 heavy (non-hydrogen) atoms. The molecule has 4 saturated heterocycles. The number of ether oxygens (including phenoxy) is 7. The van der Waals surface area contributed by atoms with Crippen LogP contribution < -0.4 is 5.32 Å². The predicted octanol–water partition coefficient (Wildman–Crippen LogP) is -9.61. The summed E-state index contributed by atoms with van der Waals surface area (Å²) in [5.41, 5.74) is 0. The van der Waals surface area contributed by atoms with Crippen molar-refractivity contribution in [1.29, 1.82) is 0 Å². The highest BCUT2D eigenvalue weighted by Gasteiger charge is 2.55. The summed E-state index contributed by atoms with van der Waals surface area (Å²) in [6.07, 6.45) is -33.5. The average Bonchev–Trinajstić information content (AvgIpc) is 3.06. The van der Waals surface area contributed by atoms with E-state index in [0.717, 1.165) is 6.92 Å². The van der Waals surface area contributed by atoms with E-state index in [0.29, 0.717) is 0 Å². The van der Waals surface area contributed by atoms with Crippen LogP contribution in [0.5, 0.6) is 0 Å². The Hall–Kier alpha value is -1.33. The first-order valence-corrected chi connectivity index (χ1v) is 15.1. The van der Waals surface area contributed by atoms with Crippen LogP contribution in [0.1, 0.15) is 6.92 Å². The first-order valence-electron chi connectivity index (χ1n) is 15.1. The SMILES string of the molecule is CC(=O)N[C@H]1[C@H](O[C@H]2[C@@H](O)[C@@H](CO)O[C@@H](O[C@@H]3[C@H](O)[C@@H](O)[C@H](O[C@H]4[C@H](O)[C@@H](O)[C@H](O)O[C@@H]4CO)O[C@@H]3CO)[C@@H]2O)O[C@H](CO)[C@H](O)[C@@H]1O. The van der Waals surface area contributed by atoms with Gasteiger partial charge < -0.3 is 105 Å². The van der Waals surface area contributed by atoms with Crippen LogP contribution in [0, 0.1) is 0 Å². The molecule has 0 aromatic carbocycles. The second-order valence-corrected chi connectivity index (χ2v) is 11.9. The number of carbonyl (C=O) groups is 1. The minimum Gasteiger partial charge on any atom is -0.394 e. The summed E-state index contributed by atoms with van der Waals surface area (Å²) in [5.74, 6) is -0.693. The summed E-state index contributed by atoms with van der Waals surface area (Å²) < 4.78 is 38.4. The molecule has 4 rings (SSSR count). The molecule has 0 spiro atoms. The van der Waals surface area contributed by atoms with Gasteiger partial charge in [0.2, 0.25) is 5.91 Å². The molecule has 4 heterocycles. The van der Waals surface area contributed by atoms with Crippen LogP contribution in [-0.4, -0.2) is 221 Å². The molecule has 4 fully saturated rings. The predicted molar refractivity (Wildman–Crippen MR) is 145 cm³/mol. The molecule has 0 aromatic heterocycles. The minimum atomic E-state index is -2.03. The Morgan fingerprint density at radius 2 is 0.938 bits per heavy atom. The van der Waals surface area contributed by atoms with Gasteiger partial charge in [0.05, 0.1) is 26.4 Å². The van der Waals surface area contributed by atoms with Gasteiger partial charge in [-0.25, -0.2) is 0 Å². The van der Waals surface area contributed by atoms with Gasteiger partial charge in [0.1, 0.15) is 97.6 Å². The molecule has 0 aromatic rings. The molecule has 4 aliphatic heterocycles. The summed E-state index contributed by atoms with van der Waals surface area (Å²) >= 11 is 0. The number of rotatable bonds is 11. The third-order valence-corrected chi connectivity index (χ3v) is 8.61. The lowest BCUT2D eigenvalue weighted by Gasteiger charge is -2.49. The van der Waals surface area contributed by atoms with E-state index >= 15 is 0 Å². The monoisotopic (exact) mass is 707 g/mol. The fourth-order valence-electron chi connectivity index (χ4n) is 5.95. The Morgan fingerprint density at radius 3 is 1.48 bits per heavy atom. The van der Waals surface area contributed by atoms with Crippen molar-refractivity contribution >= 4 is 5.91 Å². The van der Waals surface area contributed by atoms with Gasteiger partial charge in [-0.3, -0.25) is 4.79 Å². The Morgan fingerprint density at radius 1 is 0.500 bits per heavy atom. The molecule has 22 heteroatoms. The topological polar surface area (TPSA) is 357 Å². The van der Waals surface area contributed by atoms with Gasteiger partial charge >= 0.3 is 0 Å². The summed E-state index contributed by atoms with van der Waals surface area (Å²) in [6.45, 7) is -2.35. The highest BCUT2D eigenvalue weighted by molar-refractivity contribution is 5.73. The van der Waals surface area contributed by atoms with Crippen LogP contribution in [0.3, 0.4) is 0 Å². The van der Waals surface area contributed by atoms with E-state index in [4.69, 9.17) is 33.2 Å². The van der Waals surface area contributed by atoms with Crippen molar-refractivity contribution in [2.45, 2.75) is 130 Å². The van der Waals surface area contributed by atoms with Gasteiger partial charge in [0.15, 0.2) is 25.2 Å². The van der Waals surface area contributed by atoms with Crippen LogP contribution >= 0.6 is 0 Å². The number of nitrogens with one attached hydrogen (secondary N) is 1. The van der Waals surface area contributed by atoms with Crippen LogP contribution in [-0.2, 0) is 38.0 Å². The number of aliphatic hydroxyl groups is 13. The van der Waals surface area contributed by atoms with Crippen molar-refractivity contribution in [3.8, 4) is 0 Å². The van der Waals surface area contributed by atoms with Crippen molar-refractivity contribution in [2.75, 3.05) is 26.4 Å². The van der Waals surface area contributed by atoms with Crippen molar-refractivity contribution < 1.29 is 104 Å². The highest BCUT2D eigenvalue weighted by Crippen LogP contribution is 2.34. The van der Waals surface area contributed by atoms with Gasteiger partial charge in [-0.2, -0.15) is 0 Å². The largest absolute Gasteiger partial charge is 0.394 e. The van der Waals surface area contributed by atoms with Gasteiger partial charge in [-0.05, 0) is 0 Å². The molecule has 14 N–H and O–H groups in total. The van der Waals surface area contributed by atoms with E-state index in [9.17, 15) is 71.2 Å². The Kier molecular flexibility index (Phi) is 13.8. The van der Waals surface area contributed by atoms with Gasteiger partial charge in [-0.15, -0.1) is 0 Å². The lowest BCUT2D eigenvalue weighted by atomic mass is 9.95. The van der Waals surface area contributed by atoms with Crippen molar-refractivity contribution in [3.63, 3.8) is 0 Å². The molecule has 280 valence electrons. The molecule has 0 unspecified atom stereocenters. The maximum absolute atomic E-state index is 11.8. The minimum absolute atomic E-state index is 0.693. The van der Waals surface area contributed by atoms with E-state index < -0.39 is 155 Å². The summed E-state index contributed by atoms with van der Waals surface area (Å²) in [5, 5.41) is 136. The van der Waals surface area contributed by atoms with Crippen molar-refractivity contribution in [2.24, 2.45) is 0 Å². The number of hydrogen-bond donors (Lipinski definition) is 14. The zero-order valence-electron chi connectivity index (χ0n) is 25.5. The normalized spacial score (nSPS) is 50.2. The third-order valence-electron chi connectivity index (χ3n) is 8.61. The van der Waals surface area contributed by atoms with E-state index in [2.05, 4.69) is 5.32 Å². The first kappa shape index (κ1) is 39.5.